The van der Waals surface area contributed by atoms with Gasteiger partial charge in [-0.3, -0.25) is 9.05 Å². The molecular formula is C25H53NO7P+. The largest absolute Gasteiger partial charge is 0.508 e. The topological polar surface area (TPSA) is 91.3 Å². The number of rotatable bonds is 23. The van der Waals surface area contributed by atoms with Crippen LogP contribution < -0.4 is 0 Å². The van der Waals surface area contributed by atoms with Crippen molar-refractivity contribution in [3.63, 3.8) is 0 Å². The molecule has 0 bridgehead atoms. The minimum Gasteiger partial charge on any atom is -0.438 e. The molecule has 0 aromatic heterocycles. The van der Waals surface area contributed by atoms with Crippen LogP contribution in [0, 0.1) is 0 Å². The number of carbonyl (C=O) groups is 1. The van der Waals surface area contributed by atoms with E-state index in [-0.39, 0.29) is 13.2 Å². The number of hydrogen-bond donors (Lipinski definition) is 1. The van der Waals surface area contributed by atoms with Crippen molar-refractivity contribution in [2.75, 3.05) is 48.0 Å². The average Bonchev–Trinajstić information content (AvgIpc) is 2.75. The SMILES string of the molecule is CCCCCCCCCCCCCCCCC(COC(=O)OC)OP(=O)(O)OCC[N+](C)(C)C. The van der Waals surface area contributed by atoms with E-state index in [4.69, 9.17) is 13.8 Å². The predicted octanol–water partition coefficient (Wildman–Crippen LogP) is 6.85. The zero-order chi connectivity index (χ0) is 25.7. The molecule has 0 aliphatic carbocycles. The van der Waals surface area contributed by atoms with Crippen LogP contribution in [-0.4, -0.2) is 69.6 Å². The molecule has 0 amide bonds. The maximum Gasteiger partial charge on any atom is 0.508 e. The molecule has 0 aliphatic rings. The summed E-state index contributed by atoms with van der Waals surface area (Å²) in [6, 6.07) is 0. The highest BCUT2D eigenvalue weighted by Gasteiger charge is 2.28. The predicted molar refractivity (Wildman–Crippen MR) is 137 cm³/mol. The van der Waals surface area contributed by atoms with E-state index in [9.17, 15) is 14.3 Å². The van der Waals surface area contributed by atoms with Gasteiger partial charge in [0.05, 0.1) is 28.3 Å². The summed E-state index contributed by atoms with van der Waals surface area (Å²) in [5.41, 5.74) is 0. The first-order valence-corrected chi connectivity index (χ1v) is 14.8. The normalized spacial score (nSPS) is 14.5. The molecule has 0 radical (unpaired) electrons. The zero-order valence-corrected chi connectivity index (χ0v) is 23.5. The average molecular weight is 511 g/mol. The van der Waals surface area contributed by atoms with Gasteiger partial charge < -0.3 is 18.9 Å². The fourth-order valence-corrected chi connectivity index (χ4v) is 4.52. The number of unbranched alkanes of at least 4 members (excludes halogenated alkanes) is 13. The van der Waals surface area contributed by atoms with Gasteiger partial charge in [0.15, 0.2) is 0 Å². The molecule has 0 rings (SSSR count). The standard InChI is InChI=1S/C25H52NO7P/c1-6-7-8-9-10-11-12-13-14-15-16-17-18-19-20-24(23-31-25(27)30-5)33-34(28,29)32-22-21-26(2,3)4/h24H,6-23H2,1-5H3/p+1. The quantitative estimate of drug-likeness (QED) is 0.0695. The van der Waals surface area contributed by atoms with Crippen LogP contribution in [0.3, 0.4) is 0 Å². The van der Waals surface area contributed by atoms with Gasteiger partial charge in [-0.1, -0.05) is 96.8 Å². The lowest BCUT2D eigenvalue weighted by Crippen LogP contribution is -2.37. The second-order valence-electron chi connectivity index (χ2n) is 10.2. The van der Waals surface area contributed by atoms with Crippen LogP contribution >= 0.6 is 7.82 Å². The molecule has 0 aliphatic heterocycles. The molecule has 9 heteroatoms. The summed E-state index contributed by atoms with van der Waals surface area (Å²) in [6.45, 7) is 2.77. The fraction of sp³-hybridized carbons (Fsp3) is 0.960. The van der Waals surface area contributed by atoms with Crippen LogP contribution in [0.4, 0.5) is 4.79 Å². The van der Waals surface area contributed by atoms with Crippen LogP contribution in [0.5, 0.6) is 0 Å². The molecule has 8 nitrogen and oxygen atoms in total. The van der Waals surface area contributed by atoms with E-state index < -0.39 is 20.1 Å². The van der Waals surface area contributed by atoms with Crippen LogP contribution in [-0.2, 0) is 23.1 Å². The number of quaternary nitrogens is 1. The minimum atomic E-state index is -4.23. The number of methoxy groups -OCH3 is 1. The maximum absolute atomic E-state index is 12.3. The lowest BCUT2D eigenvalue weighted by atomic mass is 10.0. The van der Waals surface area contributed by atoms with Crippen LogP contribution in [0.25, 0.3) is 0 Å². The van der Waals surface area contributed by atoms with Gasteiger partial charge in [0, 0.05) is 0 Å². The van der Waals surface area contributed by atoms with Crippen molar-refractivity contribution in [3.8, 4) is 0 Å². The summed E-state index contributed by atoms with van der Waals surface area (Å²) in [5, 5.41) is 0. The Labute approximate surface area is 208 Å². The first kappa shape index (κ1) is 33.3. The summed E-state index contributed by atoms with van der Waals surface area (Å²) in [7, 11) is 2.89. The Hall–Kier alpha value is -0.660. The number of likely N-dealkylation sites (N-methyl/N-ethyl adjacent to an activating group) is 1. The maximum atomic E-state index is 12.3. The van der Waals surface area contributed by atoms with Gasteiger partial charge in [-0.15, -0.1) is 0 Å². The number of nitrogens with zero attached hydrogens (tertiary/aromatic N) is 1. The molecule has 0 saturated heterocycles. The van der Waals surface area contributed by atoms with Gasteiger partial charge in [-0.25, -0.2) is 9.36 Å². The minimum absolute atomic E-state index is 0.0979. The monoisotopic (exact) mass is 510 g/mol. The number of phosphoric ester groups is 1. The highest BCUT2D eigenvalue weighted by atomic mass is 31.2. The lowest BCUT2D eigenvalue weighted by molar-refractivity contribution is -0.870. The number of hydrogen-bond acceptors (Lipinski definition) is 6. The molecule has 204 valence electrons. The molecular weight excluding hydrogens is 457 g/mol. The van der Waals surface area contributed by atoms with Gasteiger partial charge in [0.1, 0.15) is 25.9 Å². The van der Waals surface area contributed by atoms with E-state index >= 15 is 0 Å². The summed E-state index contributed by atoms with van der Waals surface area (Å²) >= 11 is 0. The Morgan fingerprint density at radius 1 is 0.853 bits per heavy atom. The van der Waals surface area contributed by atoms with Crippen molar-refractivity contribution in [1.82, 2.24) is 0 Å². The van der Waals surface area contributed by atoms with E-state index in [1.54, 1.807) is 0 Å². The summed E-state index contributed by atoms with van der Waals surface area (Å²) < 4.78 is 32.7. The second-order valence-corrected chi connectivity index (χ2v) is 11.6. The molecule has 1 N–H and O–H groups in total. The third-order valence-corrected chi connectivity index (χ3v) is 6.81. The van der Waals surface area contributed by atoms with Gasteiger partial charge >= 0.3 is 14.0 Å². The highest BCUT2D eigenvalue weighted by Crippen LogP contribution is 2.45. The van der Waals surface area contributed by atoms with Gasteiger partial charge in [0.2, 0.25) is 0 Å². The Balaban J connectivity index is 4.04. The lowest BCUT2D eigenvalue weighted by Gasteiger charge is -2.25. The van der Waals surface area contributed by atoms with Crippen LogP contribution in [0.15, 0.2) is 0 Å². The number of carbonyl (C=O) groups excluding carboxylic acids is 1. The van der Waals surface area contributed by atoms with Crippen molar-refractivity contribution >= 4 is 14.0 Å². The van der Waals surface area contributed by atoms with Crippen LogP contribution in [0.1, 0.15) is 103 Å². The Bertz CT molecular complexity index is 540. The smallest absolute Gasteiger partial charge is 0.438 e. The van der Waals surface area contributed by atoms with Crippen molar-refractivity contribution < 1.29 is 37.3 Å². The first-order chi connectivity index (χ1) is 16.1. The van der Waals surface area contributed by atoms with Crippen molar-refractivity contribution in [3.05, 3.63) is 0 Å². The summed E-state index contributed by atoms with van der Waals surface area (Å²) in [4.78, 5) is 21.4. The van der Waals surface area contributed by atoms with E-state index in [0.717, 1.165) is 19.3 Å². The Kier molecular flexibility index (Phi) is 20.1. The molecule has 0 aromatic rings. The van der Waals surface area contributed by atoms with Gasteiger partial charge in [0.25, 0.3) is 0 Å². The van der Waals surface area contributed by atoms with Crippen LogP contribution in [0.2, 0.25) is 0 Å². The van der Waals surface area contributed by atoms with E-state index in [0.29, 0.717) is 17.4 Å². The fourth-order valence-electron chi connectivity index (χ4n) is 3.60. The van der Waals surface area contributed by atoms with Crippen molar-refractivity contribution in [2.24, 2.45) is 0 Å². The molecule has 0 fully saturated rings. The van der Waals surface area contributed by atoms with Gasteiger partial charge in [-0.2, -0.15) is 0 Å². The summed E-state index contributed by atoms with van der Waals surface area (Å²) in [5.74, 6) is 0. The van der Waals surface area contributed by atoms with Gasteiger partial charge in [-0.05, 0) is 6.42 Å². The molecule has 0 aromatic carbocycles. The number of ether oxygens (including phenoxy) is 2. The molecule has 2 unspecified atom stereocenters. The van der Waals surface area contributed by atoms with E-state index in [1.165, 1.54) is 77.7 Å². The first-order valence-electron chi connectivity index (χ1n) is 13.3. The zero-order valence-electron chi connectivity index (χ0n) is 22.6. The van der Waals surface area contributed by atoms with Crippen molar-refractivity contribution in [1.29, 1.82) is 0 Å². The molecule has 0 saturated carbocycles. The number of phosphoric acid groups is 1. The Morgan fingerprint density at radius 3 is 1.76 bits per heavy atom. The van der Waals surface area contributed by atoms with E-state index in [2.05, 4.69) is 11.7 Å². The third-order valence-electron chi connectivity index (χ3n) is 5.73. The molecule has 34 heavy (non-hydrogen) atoms. The highest BCUT2D eigenvalue weighted by molar-refractivity contribution is 7.47. The summed E-state index contributed by atoms with van der Waals surface area (Å²) in [6.07, 6.45) is 16.5. The Morgan fingerprint density at radius 2 is 1.32 bits per heavy atom. The second kappa shape index (κ2) is 20.5. The molecule has 2 atom stereocenters. The van der Waals surface area contributed by atoms with Crippen molar-refractivity contribution in [2.45, 2.75) is 109 Å². The molecule has 0 spiro atoms. The molecule has 0 heterocycles. The third kappa shape index (κ3) is 23.1. The van der Waals surface area contributed by atoms with E-state index in [1.807, 2.05) is 21.1 Å².